The maximum Gasteiger partial charge on any atom is 0.387 e. The van der Waals surface area contributed by atoms with E-state index >= 15 is 0 Å². The average Bonchev–Trinajstić information content (AvgIpc) is 2.56. The number of ether oxygens (including phenoxy) is 2. The molecule has 2 rings (SSSR count). The maximum atomic E-state index is 12.3. The first kappa shape index (κ1) is 18.4. The lowest BCUT2D eigenvalue weighted by molar-refractivity contribution is -0.146. The summed E-state index contributed by atoms with van der Waals surface area (Å²) in [5.74, 6) is -1.38. The van der Waals surface area contributed by atoms with Crippen LogP contribution in [0.3, 0.4) is 0 Å². The highest BCUT2D eigenvalue weighted by Gasteiger charge is 2.13. The molecule has 0 aliphatic carbocycles. The van der Waals surface area contributed by atoms with Gasteiger partial charge < -0.3 is 14.8 Å². The second kappa shape index (κ2) is 8.77. The molecule has 0 saturated heterocycles. The maximum absolute atomic E-state index is 12.3. The Hall–Kier alpha value is -2.96. The normalized spacial score (nSPS) is 10.4. The number of hydrogen-bond acceptors (Lipinski definition) is 4. The van der Waals surface area contributed by atoms with Crippen LogP contribution in [0.15, 0.2) is 48.5 Å². The zero-order valence-electron chi connectivity index (χ0n) is 13.5. The second-order valence-corrected chi connectivity index (χ2v) is 5.25. The Balaban J connectivity index is 1.84. The predicted molar refractivity (Wildman–Crippen MR) is 87.5 cm³/mol. The van der Waals surface area contributed by atoms with Crippen LogP contribution in [0.4, 0.5) is 14.5 Å². The molecule has 0 saturated carbocycles. The van der Waals surface area contributed by atoms with Gasteiger partial charge in [0, 0.05) is 0 Å². The van der Waals surface area contributed by atoms with Gasteiger partial charge in [-0.15, -0.1) is 0 Å². The molecule has 1 N–H and O–H groups in total. The molecule has 0 bridgehead atoms. The van der Waals surface area contributed by atoms with E-state index in [0.717, 1.165) is 11.1 Å². The van der Waals surface area contributed by atoms with Crippen LogP contribution in [0, 0.1) is 6.92 Å². The lowest BCUT2D eigenvalue weighted by Crippen LogP contribution is -2.22. The van der Waals surface area contributed by atoms with Crippen LogP contribution in [-0.4, -0.2) is 25.1 Å². The van der Waals surface area contributed by atoms with Gasteiger partial charge in [-0.1, -0.05) is 42.0 Å². The lowest BCUT2D eigenvalue weighted by Gasteiger charge is -2.11. The van der Waals surface area contributed by atoms with Gasteiger partial charge in [0.05, 0.1) is 12.1 Å². The smallest absolute Gasteiger partial charge is 0.387 e. The second-order valence-electron chi connectivity index (χ2n) is 5.25. The fraction of sp³-hybridized carbons (Fsp3) is 0.222. The fourth-order valence-corrected chi connectivity index (χ4v) is 2.02. The number of hydrogen-bond donors (Lipinski definition) is 1. The van der Waals surface area contributed by atoms with Crippen molar-refractivity contribution in [1.29, 1.82) is 0 Å². The summed E-state index contributed by atoms with van der Waals surface area (Å²) in [4.78, 5) is 23.6. The van der Waals surface area contributed by atoms with Crippen molar-refractivity contribution in [3.63, 3.8) is 0 Å². The van der Waals surface area contributed by atoms with Crippen LogP contribution < -0.4 is 10.1 Å². The van der Waals surface area contributed by atoms with Gasteiger partial charge >= 0.3 is 12.6 Å². The number of alkyl halides is 2. The van der Waals surface area contributed by atoms with Gasteiger partial charge in [0.15, 0.2) is 6.61 Å². The Labute approximate surface area is 143 Å². The average molecular weight is 349 g/mol. The highest BCUT2D eigenvalue weighted by Crippen LogP contribution is 2.25. The van der Waals surface area contributed by atoms with Crippen LogP contribution in [0.1, 0.15) is 11.1 Å². The summed E-state index contributed by atoms with van der Waals surface area (Å²) in [7, 11) is 0. The molecule has 0 aromatic heterocycles. The molecule has 0 aliphatic rings. The minimum Gasteiger partial charge on any atom is -0.455 e. The molecule has 0 radical (unpaired) electrons. The number of para-hydroxylation sites is 2. The molecular formula is C18H17F2NO4. The third-order valence-electron chi connectivity index (χ3n) is 3.21. The van der Waals surface area contributed by atoms with E-state index < -0.39 is 25.1 Å². The number of benzene rings is 2. The molecule has 0 unspecified atom stereocenters. The van der Waals surface area contributed by atoms with Crippen LogP contribution in [0.5, 0.6) is 5.75 Å². The summed E-state index contributed by atoms with van der Waals surface area (Å²) in [6, 6.07) is 13.1. The van der Waals surface area contributed by atoms with Crippen LogP contribution in [-0.2, 0) is 20.7 Å². The van der Waals surface area contributed by atoms with Gasteiger partial charge in [0.25, 0.3) is 5.91 Å². The summed E-state index contributed by atoms with van der Waals surface area (Å²) < 4.78 is 33.8. The van der Waals surface area contributed by atoms with E-state index in [9.17, 15) is 18.4 Å². The summed E-state index contributed by atoms with van der Waals surface area (Å²) in [5.41, 5.74) is 1.91. The number of aryl methyl sites for hydroxylation is 1. The van der Waals surface area contributed by atoms with Crippen molar-refractivity contribution in [3.8, 4) is 5.75 Å². The number of rotatable bonds is 7. The SMILES string of the molecule is Cc1ccc(CC(=O)OCC(=O)Nc2ccccc2OC(F)F)cc1. The van der Waals surface area contributed by atoms with E-state index in [4.69, 9.17) is 4.74 Å². The molecular weight excluding hydrogens is 332 g/mol. The Bertz CT molecular complexity index is 732. The summed E-state index contributed by atoms with van der Waals surface area (Å²) in [6.45, 7) is -1.60. The predicted octanol–water partition coefficient (Wildman–Crippen LogP) is 3.32. The van der Waals surface area contributed by atoms with Crippen molar-refractivity contribution in [2.45, 2.75) is 20.0 Å². The van der Waals surface area contributed by atoms with Crippen molar-refractivity contribution in [2.75, 3.05) is 11.9 Å². The molecule has 2 aromatic rings. The van der Waals surface area contributed by atoms with Gasteiger partial charge in [0.1, 0.15) is 5.75 Å². The number of carbonyl (C=O) groups is 2. The van der Waals surface area contributed by atoms with Crippen LogP contribution in [0.25, 0.3) is 0 Å². The molecule has 0 aliphatic heterocycles. The number of esters is 1. The molecule has 25 heavy (non-hydrogen) atoms. The highest BCUT2D eigenvalue weighted by molar-refractivity contribution is 5.94. The Morgan fingerprint density at radius 2 is 1.76 bits per heavy atom. The summed E-state index contributed by atoms with van der Waals surface area (Å²) in [5, 5.41) is 2.37. The van der Waals surface area contributed by atoms with Crippen molar-refractivity contribution in [3.05, 3.63) is 59.7 Å². The van der Waals surface area contributed by atoms with Crippen LogP contribution >= 0.6 is 0 Å². The van der Waals surface area contributed by atoms with Gasteiger partial charge in [0.2, 0.25) is 0 Å². The van der Waals surface area contributed by atoms with Gasteiger partial charge in [-0.3, -0.25) is 9.59 Å². The minimum absolute atomic E-state index is 0.0403. The standard InChI is InChI=1S/C18H17F2NO4/c1-12-6-8-13(9-7-12)10-17(23)24-11-16(22)21-14-4-2-3-5-15(14)25-18(19)20/h2-9,18H,10-11H2,1H3,(H,21,22). The molecule has 0 heterocycles. The molecule has 0 fully saturated rings. The Morgan fingerprint density at radius 1 is 1.08 bits per heavy atom. The van der Waals surface area contributed by atoms with E-state index in [0.29, 0.717) is 0 Å². The van der Waals surface area contributed by atoms with E-state index in [1.807, 2.05) is 19.1 Å². The first-order valence-corrected chi connectivity index (χ1v) is 7.49. The van der Waals surface area contributed by atoms with Crippen molar-refractivity contribution in [1.82, 2.24) is 0 Å². The van der Waals surface area contributed by atoms with E-state index in [1.54, 1.807) is 18.2 Å². The minimum atomic E-state index is -3.01. The quantitative estimate of drug-likeness (QED) is 0.779. The van der Waals surface area contributed by atoms with Crippen LogP contribution in [0.2, 0.25) is 0 Å². The van der Waals surface area contributed by atoms with E-state index in [2.05, 4.69) is 10.1 Å². The Morgan fingerprint density at radius 3 is 2.44 bits per heavy atom. The molecule has 0 atom stereocenters. The van der Waals surface area contributed by atoms with Crippen molar-refractivity contribution >= 4 is 17.6 Å². The summed E-state index contributed by atoms with van der Waals surface area (Å²) in [6.07, 6.45) is 0.0403. The zero-order chi connectivity index (χ0) is 18.2. The van der Waals surface area contributed by atoms with E-state index in [-0.39, 0.29) is 17.9 Å². The van der Waals surface area contributed by atoms with Gasteiger partial charge in [-0.2, -0.15) is 8.78 Å². The largest absolute Gasteiger partial charge is 0.455 e. The molecule has 5 nitrogen and oxygen atoms in total. The van der Waals surface area contributed by atoms with Crippen molar-refractivity contribution in [2.24, 2.45) is 0 Å². The molecule has 7 heteroatoms. The number of anilines is 1. The highest BCUT2D eigenvalue weighted by atomic mass is 19.3. The Kier molecular flexibility index (Phi) is 6.45. The number of halogens is 2. The van der Waals surface area contributed by atoms with Crippen molar-refractivity contribution < 1.29 is 27.8 Å². The first-order chi connectivity index (χ1) is 11.9. The lowest BCUT2D eigenvalue weighted by atomic mass is 10.1. The zero-order valence-corrected chi connectivity index (χ0v) is 13.5. The number of nitrogens with one attached hydrogen (secondary N) is 1. The third kappa shape index (κ3) is 6.21. The third-order valence-corrected chi connectivity index (χ3v) is 3.21. The molecule has 0 spiro atoms. The first-order valence-electron chi connectivity index (χ1n) is 7.49. The molecule has 132 valence electrons. The fourth-order valence-electron chi connectivity index (χ4n) is 2.02. The molecule has 1 amide bonds. The topological polar surface area (TPSA) is 64.6 Å². The monoisotopic (exact) mass is 349 g/mol. The van der Waals surface area contributed by atoms with E-state index in [1.165, 1.54) is 18.2 Å². The number of amides is 1. The van der Waals surface area contributed by atoms with Gasteiger partial charge in [-0.25, -0.2) is 0 Å². The number of carbonyl (C=O) groups excluding carboxylic acids is 2. The van der Waals surface area contributed by atoms with Gasteiger partial charge in [-0.05, 0) is 24.6 Å². The molecule has 2 aromatic carbocycles. The summed E-state index contributed by atoms with van der Waals surface area (Å²) >= 11 is 0.